The van der Waals surface area contributed by atoms with Crippen LogP contribution in [0.15, 0.2) is 30.3 Å². The van der Waals surface area contributed by atoms with E-state index in [1.54, 1.807) is 52.0 Å². The van der Waals surface area contributed by atoms with E-state index in [1.165, 1.54) is 4.90 Å². The SMILES string of the molecule is CCOC(=O)C1(C(=O)CN(C(=O)C(CC)(CC)P(=O)(O)O)[C@@H](C)c2ccccc2)CC1. The maximum Gasteiger partial charge on any atom is 0.340 e. The minimum absolute atomic E-state index is 0.0815. The molecular weight excluding hydrogens is 421 g/mol. The Labute approximate surface area is 183 Å². The first kappa shape index (κ1) is 25.2. The fourth-order valence-corrected chi connectivity index (χ4v) is 5.15. The Morgan fingerprint density at radius 1 is 1.13 bits per heavy atom. The molecule has 1 saturated carbocycles. The molecule has 1 amide bonds. The Balaban J connectivity index is 2.47. The summed E-state index contributed by atoms with van der Waals surface area (Å²) in [5.41, 5.74) is -0.551. The molecule has 1 aliphatic carbocycles. The first-order valence-electron chi connectivity index (χ1n) is 10.6. The van der Waals surface area contributed by atoms with Crippen LogP contribution >= 0.6 is 7.60 Å². The Kier molecular flexibility index (Phi) is 7.84. The van der Waals surface area contributed by atoms with Gasteiger partial charge in [0, 0.05) is 0 Å². The Morgan fingerprint density at radius 3 is 2.10 bits per heavy atom. The van der Waals surface area contributed by atoms with Gasteiger partial charge in [-0.15, -0.1) is 0 Å². The molecular formula is C22H32NO7P. The third-order valence-corrected chi connectivity index (χ3v) is 8.34. The lowest BCUT2D eigenvalue weighted by Gasteiger charge is -2.39. The topological polar surface area (TPSA) is 121 Å². The average molecular weight is 453 g/mol. The summed E-state index contributed by atoms with van der Waals surface area (Å²) in [6.07, 6.45) is 0.527. The van der Waals surface area contributed by atoms with Crippen molar-refractivity contribution >= 4 is 25.3 Å². The monoisotopic (exact) mass is 453 g/mol. The van der Waals surface area contributed by atoms with Gasteiger partial charge in [-0.2, -0.15) is 0 Å². The first-order chi connectivity index (χ1) is 14.5. The fourth-order valence-electron chi connectivity index (χ4n) is 3.95. The van der Waals surface area contributed by atoms with Crippen LogP contribution in [0.5, 0.6) is 0 Å². The van der Waals surface area contributed by atoms with Gasteiger partial charge < -0.3 is 19.4 Å². The molecule has 2 N–H and O–H groups in total. The van der Waals surface area contributed by atoms with Crippen molar-refractivity contribution in [3.8, 4) is 0 Å². The van der Waals surface area contributed by atoms with Crippen LogP contribution < -0.4 is 0 Å². The summed E-state index contributed by atoms with van der Waals surface area (Å²) in [7, 11) is -4.84. The van der Waals surface area contributed by atoms with Gasteiger partial charge >= 0.3 is 13.6 Å². The summed E-state index contributed by atoms with van der Waals surface area (Å²) in [5.74, 6) is -1.85. The van der Waals surface area contributed by atoms with E-state index >= 15 is 0 Å². The largest absolute Gasteiger partial charge is 0.465 e. The number of nitrogens with zero attached hydrogens (tertiary/aromatic N) is 1. The van der Waals surface area contributed by atoms with Crippen molar-refractivity contribution in [2.75, 3.05) is 13.2 Å². The second-order valence-corrected chi connectivity index (χ2v) is 9.97. The second-order valence-electron chi connectivity index (χ2n) is 8.03. The van der Waals surface area contributed by atoms with Crippen molar-refractivity contribution in [1.82, 2.24) is 4.90 Å². The van der Waals surface area contributed by atoms with E-state index in [2.05, 4.69) is 0 Å². The third kappa shape index (κ3) is 4.76. The normalized spacial score (nSPS) is 16.3. The molecule has 1 fully saturated rings. The predicted octanol–water partition coefficient (Wildman–Crippen LogP) is 3.23. The molecule has 0 unspecified atom stereocenters. The quantitative estimate of drug-likeness (QED) is 0.300. The van der Waals surface area contributed by atoms with Gasteiger partial charge in [0.15, 0.2) is 5.78 Å². The number of esters is 1. The molecule has 1 aromatic rings. The minimum atomic E-state index is -4.84. The molecule has 0 radical (unpaired) electrons. The van der Waals surface area contributed by atoms with E-state index in [0.29, 0.717) is 12.8 Å². The summed E-state index contributed by atoms with van der Waals surface area (Å²) < 4.78 is 17.5. The number of hydrogen-bond acceptors (Lipinski definition) is 5. The molecule has 8 nitrogen and oxygen atoms in total. The smallest absolute Gasteiger partial charge is 0.340 e. The molecule has 0 bridgehead atoms. The van der Waals surface area contributed by atoms with Gasteiger partial charge in [0.05, 0.1) is 19.2 Å². The van der Waals surface area contributed by atoms with Crippen LogP contribution in [-0.2, 0) is 23.7 Å². The number of amides is 1. The van der Waals surface area contributed by atoms with Crippen LogP contribution in [0.2, 0.25) is 0 Å². The van der Waals surface area contributed by atoms with Gasteiger partial charge in [0.1, 0.15) is 10.6 Å². The van der Waals surface area contributed by atoms with Crippen LogP contribution in [0.25, 0.3) is 0 Å². The van der Waals surface area contributed by atoms with E-state index < -0.39 is 48.4 Å². The van der Waals surface area contributed by atoms with Gasteiger partial charge in [0.25, 0.3) is 0 Å². The van der Waals surface area contributed by atoms with Gasteiger partial charge in [-0.1, -0.05) is 44.2 Å². The molecule has 0 aliphatic heterocycles. The highest BCUT2D eigenvalue weighted by molar-refractivity contribution is 7.54. The number of ketones is 1. The second kappa shape index (κ2) is 9.63. The number of Topliss-reactive ketones (excluding diaryl/α,β-unsaturated/α-hetero) is 1. The van der Waals surface area contributed by atoms with Crippen LogP contribution in [0.1, 0.15) is 65.0 Å². The molecule has 1 aromatic carbocycles. The molecule has 1 atom stereocenters. The van der Waals surface area contributed by atoms with E-state index in [0.717, 1.165) is 5.56 Å². The summed E-state index contributed by atoms with van der Waals surface area (Å²) in [4.78, 5) is 60.5. The van der Waals surface area contributed by atoms with Crippen LogP contribution in [0.3, 0.4) is 0 Å². The Morgan fingerprint density at radius 2 is 1.68 bits per heavy atom. The molecule has 0 spiro atoms. The van der Waals surface area contributed by atoms with E-state index in [-0.39, 0.29) is 19.4 Å². The number of hydrogen-bond donors (Lipinski definition) is 2. The number of carbonyl (C=O) groups excluding carboxylic acids is 3. The van der Waals surface area contributed by atoms with Crippen molar-refractivity contribution in [3.63, 3.8) is 0 Å². The summed E-state index contributed by atoms with van der Waals surface area (Å²) in [6, 6.07) is 8.32. The first-order valence-corrected chi connectivity index (χ1v) is 12.2. The van der Waals surface area contributed by atoms with Crippen molar-refractivity contribution < 1.29 is 33.5 Å². The van der Waals surface area contributed by atoms with Crippen LogP contribution in [0, 0.1) is 5.41 Å². The molecule has 2 rings (SSSR count). The van der Waals surface area contributed by atoms with Crippen molar-refractivity contribution in [1.29, 1.82) is 0 Å². The Hall–Kier alpha value is -2.02. The molecule has 0 saturated heterocycles. The average Bonchev–Trinajstić information content (AvgIpc) is 3.54. The van der Waals surface area contributed by atoms with Crippen molar-refractivity contribution in [2.45, 2.75) is 64.6 Å². The highest BCUT2D eigenvalue weighted by Gasteiger charge is 2.59. The summed E-state index contributed by atoms with van der Waals surface area (Å²) in [6.45, 7) is 6.19. The highest BCUT2D eigenvalue weighted by Crippen LogP contribution is 2.56. The zero-order valence-corrected chi connectivity index (χ0v) is 19.4. The van der Waals surface area contributed by atoms with Gasteiger partial charge in [-0.25, -0.2) is 0 Å². The van der Waals surface area contributed by atoms with Gasteiger partial charge in [-0.3, -0.25) is 18.9 Å². The molecule has 0 heterocycles. The Bertz CT molecular complexity index is 856. The lowest BCUT2D eigenvalue weighted by atomic mass is 9.95. The predicted molar refractivity (Wildman–Crippen MR) is 115 cm³/mol. The lowest BCUT2D eigenvalue weighted by Crippen LogP contribution is -2.51. The molecule has 9 heteroatoms. The van der Waals surface area contributed by atoms with Gasteiger partial charge in [-0.05, 0) is 45.1 Å². The number of carbonyl (C=O) groups is 3. The van der Waals surface area contributed by atoms with Gasteiger partial charge in [0.2, 0.25) is 5.91 Å². The van der Waals surface area contributed by atoms with Crippen LogP contribution in [-0.4, -0.2) is 50.7 Å². The van der Waals surface area contributed by atoms with E-state index in [4.69, 9.17) is 4.74 Å². The molecule has 0 aromatic heterocycles. The standard InChI is InChI=1S/C22H32NO7P/c1-5-22(6-2,31(27,28)29)19(25)23(16(4)17-11-9-8-10-12-17)15-18(24)21(13-14-21)20(26)30-7-3/h8-12,16H,5-7,13-15H2,1-4H3,(H2,27,28,29)/t16-/m0/s1. The van der Waals surface area contributed by atoms with Crippen molar-refractivity contribution in [3.05, 3.63) is 35.9 Å². The molecule has 1 aliphatic rings. The highest BCUT2D eigenvalue weighted by atomic mass is 31.2. The fraction of sp³-hybridized carbons (Fsp3) is 0.591. The zero-order valence-electron chi connectivity index (χ0n) is 18.5. The summed E-state index contributed by atoms with van der Waals surface area (Å²) >= 11 is 0. The maximum atomic E-state index is 13.6. The van der Waals surface area contributed by atoms with Crippen LogP contribution in [0.4, 0.5) is 0 Å². The number of benzene rings is 1. The number of ether oxygens (including phenoxy) is 1. The third-order valence-electron chi connectivity index (χ3n) is 6.40. The van der Waals surface area contributed by atoms with E-state index in [9.17, 15) is 28.7 Å². The number of rotatable bonds is 11. The molecule has 172 valence electrons. The van der Waals surface area contributed by atoms with Crippen molar-refractivity contribution in [2.24, 2.45) is 5.41 Å². The lowest BCUT2D eigenvalue weighted by molar-refractivity contribution is -0.155. The van der Waals surface area contributed by atoms with E-state index in [1.807, 2.05) is 6.07 Å². The minimum Gasteiger partial charge on any atom is -0.465 e. The zero-order chi connectivity index (χ0) is 23.4. The maximum absolute atomic E-state index is 13.6. The molecule has 31 heavy (non-hydrogen) atoms. The summed E-state index contributed by atoms with van der Waals surface area (Å²) in [5, 5.41) is -1.93.